The standard InChI is InChI=1S/C18H17N3O2/c1-13-6-9-17(22)21(20-13)11-10-19-18(23)16-8-7-14-4-2-3-5-15(14)12-16/h2-9,12H,10-11H2,1H3,(H,19,23). The quantitative estimate of drug-likeness (QED) is 0.803. The summed E-state index contributed by atoms with van der Waals surface area (Å²) < 4.78 is 1.36. The number of amides is 1. The van der Waals surface area contributed by atoms with Crippen molar-refractivity contribution in [3.05, 3.63) is 76.2 Å². The molecule has 0 saturated heterocycles. The minimum atomic E-state index is -0.171. The summed E-state index contributed by atoms with van der Waals surface area (Å²) >= 11 is 0. The summed E-state index contributed by atoms with van der Waals surface area (Å²) in [5.74, 6) is -0.156. The van der Waals surface area contributed by atoms with E-state index in [1.807, 2.05) is 43.3 Å². The monoisotopic (exact) mass is 307 g/mol. The van der Waals surface area contributed by atoms with Crippen molar-refractivity contribution < 1.29 is 4.79 Å². The van der Waals surface area contributed by atoms with Gasteiger partial charge in [-0.25, -0.2) is 4.68 Å². The zero-order chi connectivity index (χ0) is 16.2. The lowest BCUT2D eigenvalue weighted by molar-refractivity contribution is 0.0952. The Morgan fingerprint density at radius 1 is 1.09 bits per heavy atom. The van der Waals surface area contributed by atoms with Crippen molar-refractivity contribution in [1.29, 1.82) is 0 Å². The number of nitrogens with one attached hydrogen (secondary N) is 1. The molecular formula is C18H17N3O2. The molecule has 1 aromatic heterocycles. The number of fused-ring (bicyclic) bond motifs is 1. The van der Waals surface area contributed by atoms with Crippen LogP contribution in [-0.4, -0.2) is 22.2 Å². The Morgan fingerprint density at radius 2 is 1.87 bits per heavy atom. The number of nitrogens with zero attached hydrogens (tertiary/aromatic N) is 2. The van der Waals surface area contributed by atoms with E-state index >= 15 is 0 Å². The Balaban J connectivity index is 1.66. The highest BCUT2D eigenvalue weighted by molar-refractivity contribution is 5.98. The number of benzene rings is 2. The maximum absolute atomic E-state index is 12.2. The summed E-state index contributed by atoms with van der Waals surface area (Å²) in [5, 5.41) is 9.08. The van der Waals surface area contributed by atoms with Crippen molar-refractivity contribution in [2.45, 2.75) is 13.5 Å². The number of rotatable bonds is 4. The largest absolute Gasteiger partial charge is 0.350 e. The van der Waals surface area contributed by atoms with E-state index in [4.69, 9.17) is 0 Å². The Labute approximate surface area is 133 Å². The van der Waals surface area contributed by atoms with Gasteiger partial charge in [0.2, 0.25) is 0 Å². The highest BCUT2D eigenvalue weighted by Gasteiger charge is 2.06. The molecule has 1 amide bonds. The lowest BCUT2D eigenvalue weighted by Gasteiger charge is -2.08. The Hall–Kier alpha value is -2.95. The maximum atomic E-state index is 12.2. The Morgan fingerprint density at radius 3 is 2.70 bits per heavy atom. The predicted molar refractivity (Wildman–Crippen MR) is 89.5 cm³/mol. The molecule has 0 fully saturated rings. The third-order valence-electron chi connectivity index (χ3n) is 3.62. The van der Waals surface area contributed by atoms with Gasteiger partial charge in [0.25, 0.3) is 11.5 Å². The van der Waals surface area contributed by atoms with Gasteiger partial charge in [0, 0.05) is 18.2 Å². The number of hydrogen-bond donors (Lipinski definition) is 1. The third kappa shape index (κ3) is 3.45. The zero-order valence-corrected chi connectivity index (χ0v) is 12.8. The average molecular weight is 307 g/mol. The normalized spacial score (nSPS) is 10.7. The van der Waals surface area contributed by atoms with E-state index in [9.17, 15) is 9.59 Å². The van der Waals surface area contributed by atoms with Crippen LogP contribution in [0.4, 0.5) is 0 Å². The van der Waals surface area contributed by atoms with Gasteiger partial charge in [-0.1, -0.05) is 30.3 Å². The fraction of sp³-hybridized carbons (Fsp3) is 0.167. The molecule has 0 saturated carbocycles. The average Bonchev–Trinajstić information content (AvgIpc) is 2.57. The fourth-order valence-electron chi connectivity index (χ4n) is 2.42. The molecule has 0 aliphatic rings. The molecule has 0 atom stereocenters. The van der Waals surface area contributed by atoms with E-state index in [1.54, 1.807) is 12.1 Å². The fourth-order valence-corrected chi connectivity index (χ4v) is 2.42. The van der Waals surface area contributed by atoms with Gasteiger partial charge in [-0.3, -0.25) is 9.59 Å². The van der Waals surface area contributed by atoms with Crippen molar-refractivity contribution >= 4 is 16.7 Å². The highest BCUT2D eigenvalue weighted by atomic mass is 16.1. The van der Waals surface area contributed by atoms with Crippen LogP contribution < -0.4 is 10.9 Å². The Kier molecular flexibility index (Phi) is 4.19. The Bertz CT molecular complexity index is 915. The molecule has 0 aliphatic carbocycles. The summed E-state index contributed by atoms with van der Waals surface area (Å²) in [7, 11) is 0. The van der Waals surface area contributed by atoms with Crippen LogP contribution in [0.5, 0.6) is 0 Å². The number of carbonyl (C=O) groups is 1. The van der Waals surface area contributed by atoms with Crippen LogP contribution in [0.2, 0.25) is 0 Å². The van der Waals surface area contributed by atoms with Gasteiger partial charge in [-0.05, 0) is 35.9 Å². The van der Waals surface area contributed by atoms with Gasteiger partial charge in [0.1, 0.15) is 0 Å². The topological polar surface area (TPSA) is 64.0 Å². The summed E-state index contributed by atoms with van der Waals surface area (Å²) in [6.07, 6.45) is 0. The van der Waals surface area contributed by atoms with E-state index in [0.29, 0.717) is 18.7 Å². The number of aryl methyl sites for hydroxylation is 1. The molecule has 3 rings (SSSR count). The maximum Gasteiger partial charge on any atom is 0.266 e. The molecule has 5 heteroatoms. The first-order valence-electron chi connectivity index (χ1n) is 7.45. The molecule has 1 N–H and O–H groups in total. The van der Waals surface area contributed by atoms with Gasteiger partial charge in [0.05, 0.1) is 12.2 Å². The van der Waals surface area contributed by atoms with E-state index < -0.39 is 0 Å². The van der Waals surface area contributed by atoms with Crippen molar-refractivity contribution in [2.24, 2.45) is 0 Å². The van der Waals surface area contributed by atoms with Gasteiger partial charge >= 0.3 is 0 Å². The second-order valence-corrected chi connectivity index (χ2v) is 5.35. The van der Waals surface area contributed by atoms with Crippen LogP contribution in [-0.2, 0) is 6.54 Å². The smallest absolute Gasteiger partial charge is 0.266 e. The van der Waals surface area contributed by atoms with Crippen molar-refractivity contribution in [1.82, 2.24) is 15.1 Å². The van der Waals surface area contributed by atoms with Crippen LogP contribution in [0.25, 0.3) is 10.8 Å². The second kappa shape index (κ2) is 6.44. The SMILES string of the molecule is Cc1ccc(=O)n(CCNC(=O)c2ccc3ccccc3c2)n1. The summed E-state index contributed by atoms with van der Waals surface area (Å²) in [4.78, 5) is 23.9. The molecule has 0 radical (unpaired) electrons. The molecule has 1 heterocycles. The minimum absolute atomic E-state index is 0.156. The van der Waals surface area contributed by atoms with E-state index in [0.717, 1.165) is 16.5 Å². The van der Waals surface area contributed by atoms with E-state index in [1.165, 1.54) is 10.7 Å². The highest BCUT2D eigenvalue weighted by Crippen LogP contribution is 2.15. The van der Waals surface area contributed by atoms with Crippen molar-refractivity contribution in [2.75, 3.05) is 6.54 Å². The number of aromatic nitrogens is 2. The van der Waals surface area contributed by atoms with Crippen LogP contribution >= 0.6 is 0 Å². The van der Waals surface area contributed by atoms with Gasteiger partial charge in [-0.15, -0.1) is 0 Å². The van der Waals surface area contributed by atoms with Crippen molar-refractivity contribution in [3.8, 4) is 0 Å². The zero-order valence-electron chi connectivity index (χ0n) is 12.8. The van der Waals surface area contributed by atoms with Crippen molar-refractivity contribution in [3.63, 3.8) is 0 Å². The van der Waals surface area contributed by atoms with Crippen LogP contribution in [0.1, 0.15) is 16.1 Å². The molecule has 23 heavy (non-hydrogen) atoms. The van der Waals surface area contributed by atoms with Crippen LogP contribution in [0.15, 0.2) is 59.4 Å². The van der Waals surface area contributed by atoms with E-state index in [-0.39, 0.29) is 11.5 Å². The van der Waals surface area contributed by atoms with Gasteiger partial charge in [-0.2, -0.15) is 5.10 Å². The second-order valence-electron chi connectivity index (χ2n) is 5.35. The number of hydrogen-bond acceptors (Lipinski definition) is 3. The molecule has 2 aromatic carbocycles. The third-order valence-corrected chi connectivity index (χ3v) is 3.62. The lowest BCUT2D eigenvalue weighted by atomic mass is 10.1. The molecule has 0 spiro atoms. The molecule has 5 nitrogen and oxygen atoms in total. The molecular weight excluding hydrogens is 290 g/mol. The molecule has 116 valence electrons. The first-order chi connectivity index (χ1) is 11.1. The van der Waals surface area contributed by atoms with Gasteiger partial charge < -0.3 is 5.32 Å². The first-order valence-corrected chi connectivity index (χ1v) is 7.45. The lowest BCUT2D eigenvalue weighted by Crippen LogP contribution is -2.32. The molecule has 0 unspecified atom stereocenters. The molecule has 3 aromatic rings. The minimum Gasteiger partial charge on any atom is -0.350 e. The summed E-state index contributed by atoms with van der Waals surface area (Å²) in [5.41, 5.74) is 1.20. The van der Waals surface area contributed by atoms with Crippen LogP contribution in [0, 0.1) is 6.92 Å². The van der Waals surface area contributed by atoms with Gasteiger partial charge in [0.15, 0.2) is 0 Å². The summed E-state index contributed by atoms with van der Waals surface area (Å²) in [6, 6.07) is 16.6. The molecule has 0 bridgehead atoms. The molecule has 0 aliphatic heterocycles. The van der Waals surface area contributed by atoms with E-state index in [2.05, 4.69) is 10.4 Å². The first kappa shape index (κ1) is 15.0. The predicted octanol–water partition coefficient (Wildman–Crippen LogP) is 2.13. The van der Waals surface area contributed by atoms with Crippen LogP contribution in [0.3, 0.4) is 0 Å². The summed E-state index contributed by atoms with van der Waals surface area (Å²) in [6.45, 7) is 2.52. The number of carbonyl (C=O) groups excluding carboxylic acids is 1.